The lowest BCUT2D eigenvalue weighted by molar-refractivity contribution is 1.25. The molecule has 0 N–H and O–H groups in total. The van der Waals surface area contributed by atoms with Crippen molar-refractivity contribution in [1.82, 2.24) is 4.98 Å². The fourth-order valence-electron chi connectivity index (χ4n) is 1.35. The smallest absolute Gasteiger partial charge is 0.0708 e. The second kappa shape index (κ2) is 3.11. The van der Waals surface area contributed by atoms with Gasteiger partial charge >= 0.3 is 0 Å². The Morgan fingerprint density at radius 2 is 1.92 bits per heavy atom. The average molecular weight is 236 g/mol. The van der Waals surface area contributed by atoms with E-state index < -0.39 is 0 Å². The van der Waals surface area contributed by atoms with Gasteiger partial charge in [0.25, 0.3) is 0 Å². The van der Waals surface area contributed by atoms with Crippen molar-refractivity contribution in [2.75, 3.05) is 0 Å². The number of hydrogen-bond donors (Lipinski definition) is 0. The molecule has 2 rings (SSSR count). The van der Waals surface area contributed by atoms with E-state index in [1.165, 1.54) is 10.9 Å². The summed E-state index contributed by atoms with van der Waals surface area (Å²) in [4.78, 5) is 4.46. The standard InChI is InChI=1S/C11H10BrN/c1-7-5-11-9(6-10(7)12)4-3-8(2)13-11/h3-6H,1-2H3. The van der Waals surface area contributed by atoms with Crippen molar-refractivity contribution in [2.24, 2.45) is 0 Å². The molecule has 0 aliphatic rings. The first kappa shape index (κ1) is 8.70. The lowest BCUT2D eigenvalue weighted by atomic mass is 10.1. The zero-order valence-electron chi connectivity index (χ0n) is 7.63. The number of benzene rings is 1. The van der Waals surface area contributed by atoms with Crippen LogP contribution in [0.1, 0.15) is 11.3 Å². The monoisotopic (exact) mass is 235 g/mol. The Bertz CT molecular complexity index is 463. The van der Waals surface area contributed by atoms with Crippen molar-refractivity contribution in [3.8, 4) is 0 Å². The Kier molecular flexibility index (Phi) is 2.08. The first-order valence-corrected chi connectivity index (χ1v) is 4.99. The van der Waals surface area contributed by atoms with Gasteiger partial charge in [-0.2, -0.15) is 0 Å². The Morgan fingerprint density at radius 1 is 1.15 bits per heavy atom. The molecule has 0 bridgehead atoms. The van der Waals surface area contributed by atoms with E-state index in [1.54, 1.807) is 0 Å². The quantitative estimate of drug-likeness (QED) is 0.680. The van der Waals surface area contributed by atoms with Gasteiger partial charge in [0.2, 0.25) is 0 Å². The first-order valence-electron chi connectivity index (χ1n) is 4.20. The summed E-state index contributed by atoms with van der Waals surface area (Å²) in [5, 5.41) is 1.18. The molecular formula is C11H10BrN. The van der Waals surface area contributed by atoms with E-state index in [4.69, 9.17) is 0 Å². The second-order valence-electron chi connectivity index (χ2n) is 3.25. The zero-order chi connectivity index (χ0) is 9.42. The molecule has 1 aromatic heterocycles. The number of rotatable bonds is 0. The largest absolute Gasteiger partial charge is 0.253 e. The third kappa shape index (κ3) is 1.59. The summed E-state index contributed by atoms with van der Waals surface area (Å²) < 4.78 is 1.14. The Hall–Kier alpha value is -0.890. The van der Waals surface area contributed by atoms with Crippen LogP contribution < -0.4 is 0 Å². The van der Waals surface area contributed by atoms with Gasteiger partial charge < -0.3 is 0 Å². The minimum absolute atomic E-state index is 1.06. The summed E-state index contributed by atoms with van der Waals surface area (Å²) in [6.45, 7) is 4.09. The first-order chi connectivity index (χ1) is 6.16. The van der Waals surface area contributed by atoms with E-state index in [0.29, 0.717) is 0 Å². The SMILES string of the molecule is Cc1ccc2cc(Br)c(C)cc2n1. The number of aromatic nitrogens is 1. The van der Waals surface area contributed by atoms with Crippen LogP contribution in [-0.4, -0.2) is 4.98 Å². The Labute approximate surface area is 85.9 Å². The summed E-state index contributed by atoms with van der Waals surface area (Å²) >= 11 is 3.51. The topological polar surface area (TPSA) is 12.9 Å². The average Bonchev–Trinajstić information content (AvgIpc) is 2.08. The van der Waals surface area contributed by atoms with E-state index in [1.807, 2.05) is 13.0 Å². The predicted octanol–water partition coefficient (Wildman–Crippen LogP) is 3.61. The van der Waals surface area contributed by atoms with Crippen molar-refractivity contribution in [1.29, 1.82) is 0 Å². The van der Waals surface area contributed by atoms with E-state index in [-0.39, 0.29) is 0 Å². The maximum absolute atomic E-state index is 4.46. The van der Waals surface area contributed by atoms with Gasteiger partial charge in [0, 0.05) is 15.6 Å². The third-order valence-corrected chi connectivity index (χ3v) is 2.96. The van der Waals surface area contributed by atoms with Crippen LogP contribution in [0.2, 0.25) is 0 Å². The van der Waals surface area contributed by atoms with Crippen LogP contribution in [0.3, 0.4) is 0 Å². The van der Waals surface area contributed by atoms with Crippen LogP contribution in [0.5, 0.6) is 0 Å². The molecule has 0 amide bonds. The summed E-state index contributed by atoms with van der Waals surface area (Å²) in [6.07, 6.45) is 0. The summed E-state index contributed by atoms with van der Waals surface area (Å²) in [6, 6.07) is 8.34. The van der Waals surface area contributed by atoms with Crippen molar-refractivity contribution < 1.29 is 0 Å². The highest BCUT2D eigenvalue weighted by Gasteiger charge is 1.99. The van der Waals surface area contributed by atoms with Gasteiger partial charge in [-0.25, -0.2) is 0 Å². The molecule has 1 nitrogen and oxygen atoms in total. The highest BCUT2D eigenvalue weighted by atomic mass is 79.9. The lowest BCUT2D eigenvalue weighted by Crippen LogP contribution is -1.84. The number of hydrogen-bond acceptors (Lipinski definition) is 1. The van der Waals surface area contributed by atoms with Gasteiger partial charge in [0.1, 0.15) is 0 Å². The Balaban J connectivity index is 2.81. The molecule has 0 atom stereocenters. The molecule has 2 aromatic rings. The molecule has 0 radical (unpaired) electrons. The zero-order valence-corrected chi connectivity index (χ0v) is 9.22. The number of nitrogens with zero attached hydrogens (tertiary/aromatic N) is 1. The van der Waals surface area contributed by atoms with Gasteiger partial charge in [0.15, 0.2) is 0 Å². The molecule has 0 fully saturated rings. The molecule has 1 aromatic carbocycles. The summed E-state index contributed by atoms with van der Waals surface area (Å²) in [7, 11) is 0. The van der Waals surface area contributed by atoms with Crippen LogP contribution in [0.15, 0.2) is 28.7 Å². The fourth-order valence-corrected chi connectivity index (χ4v) is 1.71. The molecule has 0 aliphatic carbocycles. The van der Waals surface area contributed by atoms with Crippen LogP contribution >= 0.6 is 15.9 Å². The molecule has 0 saturated carbocycles. The van der Waals surface area contributed by atoms with Crippen LogP contribution in [0, 0.1) is 13.8 Å². The molecule has 13 heavy (non-hydrogen) atoms. The van der Waals surface area contributed by atoms with Crippen molar-refractivity contribution in [3.05, 3.63) is 40.0 Å². The molecule has 0 saturated heterocycles. The van der Waals surface area contributed by atoms with Gasteiger partial charge in [-0.3, -0.25) is 4.98 Å². The molecule has 66 valence electrons. The number of pyridine rings is 1. The lowest BCUT2D eigenvalue weighted by Gasteiger charge is -2.02. The maximum Gasteiger partial charge on any atom is 0.0708 e. The van der Waals surface area contributed by atoms with Gasteiger partial charge in [-0.15, -0.1) is 0 Å². The van der Waals surface area contributed by atoms with Gasteiger partial charge in [-0.1, -0.05) is 22.0 Å². The minimum atomic E-state index is 1.06. The van der Waals surface area contributed by atoms with Crippen LogP contribution in [0.4, 0.5) is 0 Å². The molecule has 0 unspecified atom stereocenters. The second-order valence-corrected chi connectivity index (χ2v) is 4.10. The van der Waals surface area contributed by atoms with Crippen LogP contribution in [0.25, 0.3) is 10.9 Å². The molecule has 1 heterocycles. The van der Waals surface area contributed by atoms with Crippen molar-refractivity contribution in [3.63, 3.8) is 0 Å². The highest BCUT2D eigenvalue weighted by molar-refractivity contribution is 9.10. The van der Waals surface area contributed by atoms with E-state index in [9.17, 15) is 0 Å². The highest BCUT2D eigenvalue weighted by Crippen LogP contribution is 2.22. The fraction of sp³-hybridized carbons (Fsp3) is 0.182. The van der Waals surface area contributed by atoms with Gasteiger partial charge in [-0.05, 0) is 37.6 Å². The number of halogens is 1. The van der Waals surface area contributed by atoms with Crippen molar-refractivity contribution >= 4 is 26.8 Å². The summed E-state index contributed by atoms with van der Waals surface area (Å²) in [5.74, 6) is 0. The van der Waals surface area contributed by atoms with Gasteiger partial charge in [0.05, 0.1) is 5.52 Å². The summed E-state index contributed by atoms with van der Waals surface area (Å²) in [5.41, 5.74) is 3.36. The van der Waals surface area contributed by atoms with Crippen molar-refractivity contribution in [2.45, 2.75) is 13.8 Å². The minimum Gasteiger partial charge on any atom is -0.253 e. The number of fused-ring (bicyclic) bond motifs is 1. The van der Waals surface area contributed by atoms with E-state index >= 15 is 0 Å². The molecule has 0 aliphatic heterocycles. The maximum atomic E-state index is 4.46. The normalized spacial score (nSPS) is 10.7. The third-order valence-electron chi connectivity index (χ3n) is 2.11. The molecule has 0 spiro atoms. The predicted molar refractivity (Wildman–Crippen MR) is 58.9 cm³/mol. The van der Waals surface area contributed by atoms with E-state index in [0.717, 1.165) is 15.7 Å². The van der Waals surface area contributed by atoms with E-state index in [2.05, 4.69) is 46.0 Å². The molecular weight excluding hydrogens is 226 g/mol. The number of aryl methyl sites for hydroxylation is 2. The molecule has 2 heteroatoms. The van der Waals surface area contributed by atoms with Crippen LogP contribution in [-0.2, 0) is 0 Å². The Morgan fingerprint density at radius 3 is 2.69 bits per heavy atom.